The van der Waals surface area contributed by atoms with Crippen molar-refractivity contribution < 1.29 is 23.4 Å². The van der Waals surface area contributed by atoms with Crippen molar-refractivity contribution in [3.63, 3.8) is 0 Å². The van der Waals surface area contributed by atoms with Crippen molar-refractivity contribution in [3.8, 4) is 11.5 Å². The number of hydrogen-bond acceptors (Lipinski definition) is 9. The lowest BCUT2D eigenvalue weighted by Gasteiger charge is -2.23. The van der Waals surface area contributed by atoms with Gasteiger partial charge in [0.2, 0.25) is 0 Å². The van der Waals surface area contributed by atoms with E-state index in [9.17, 15) is 9.59 Å². The number of ether oxygens (including phenoxy) is 1. The van der Waals surface area contributed by atoms with E-state index in [1.807, 2.05) is 6.92 Å². The van der Waals surface area contributed by atoms with Crippen LogP contribution < -0.4 is 0 Å². The van der Waals surface area contributed by atoms with Crippen LogP contribution in [0.1, 0.15) is 36.5 Å². The van der Waals surface area contributed by atoms with Crippen molar-refractivity contribution in [1.29, 1.82) is 0 Å². The Morgan fingerprint density at radius 1 is 1.14 bits per heavy atom. The van der Waals surface area contributed by atoms with Gasteiger partial charge in [-0.15, -0.1) is 0 Å². The number of hydrogen-bond donors (Lipinski definition) is 0. The van der Waals surface area contributed by atoms with Crippen LogP contribution in [0, 0.1) is 13.8 Å². The van der Waals surface area contributed by atoms with E-state index >= 15 is 0 Å². The zero-order valence-corrected chi connectivity index (χ0v) is 16.0. The van der Waals surface area contributed by atoms with Crippen molar-refractivity contribution in [2.75, 3.05) is 26.2 Å². The molecule has 4 heterocycles. The summed E-state index contributed by atoms with van der Waals surface area (Å²) < 4.78 is 15.6. The van der Waals surface area contributed by atoms with Gasteiger partial charge in [-0.1, -0.05) is 10.3 Å². The minimum atomic E-state index is -0.617. The van der Waals surface area contributed by atoms with Gasteiger partial charge in [-0.2, -0.15) is 4.98 Å². The summed E-state index contributed by atoms with van der Waals surface area (Å²) in [6, 6.07) is 0. The van der Waals surface area contributed by atoms with Crippen molar-refractivity contribution in [1.82, 2.24) is 25.1 Å². The maximum Gasteiger partial charge on any atom is 0.306 e. The zero-order valence-electron chi connectivity index (χ0n) is 16.0. The summed E-state index contributed by atoms with van der Waals surface area (Å²) >= 11 is 0. The summed E-state index contributed by atoms with van der Waals surface area (Å²) in [6.07, 6.45) is 1.02. The second-order valence-electron chi connectivity index (χ2n) is 7.19. The molecule has 0 aromatic carbocycles. The molecule has 1 atom stereocenters. The molecular formula is C18H23N5O5. The molecule has 1 amide bonds. The topological polar surface area (TPSA) is 115 Å². The highest BCUT2D eigenvalue weighted by Gasteiger charge is 2.33. The Morgan fingerprint density at radius 3 is 2.71 bits per heavy atom. The molecule has 28 heavy (non-hydrogen) atoms. The van der Waals surface area contributed by atoms with E-state index in [0.29, 0.717) is 62.2 Å². The Morgan fingerprint density at radius 2 is 2.00 bits per heavy atom. The third-order valence-electron chi connectivity index (χ3n) is 5.14. The van der Waals surface area contributed by atoms with Gasteiger partial charge >= 0.3 is 5.97 Å². The summed E-state index contributed by atoms with van der Waals surface area (Å²) in [5, 5.41) is 7.98. The van der Waals surface area contributed by atoms with Crippen LogP contribution in [0.4, 0.5) is 0 Å². The quantitative estimate of drug-likeness (QED) is 0.708. The van der Waals surface area contributed by atoms with Gasteiger partial charge in [0, 0.05) is 39.0 Å². The number of cyclic esters (lactones) is 1. The Balaban J connectivity index is 1.35. The number of carbonyl (C=O) groups excluding carboxylic acids is 2. The first-order chi connectivity index (χ1) is 13.5. The van der Waals surface area contributed by atoms with Crippen molar-refractivity contribution in [2.24, 2.45) is 0 Å². The van der Waals surface area contributed by atoms with E-state index in [0.717, 1.165) is 18.5 Å². The van der Waals surface area contributed by atoms with E-state index in [4.69, 9.17) is 13.8 Å². The molecule has 0 bridgehead atoms. The fourth-order valence-electron chi connectivity index (χ4n) is 3.66. The minimum Gasteiger partial charge on any atom is -0.452 e. The Labute approximate surface area is 161 Å². The number of rotatable bonds is 4. The van der Waals surface area contributed by atoms with Gasteiger partial charge in [0.25, 0.3) is 11.8 Å². The van der Waals surface area contributed by atoms with Crippen LogP contribution in [0.2, 0.25) is 0 Å². The van der Waals surface area contributed by atoms with Crippen molar-refractivity contribution in [3.05, 3.63) is 17.3 Å². The number of carbonyl (C=O) groups is 2. The van der Waals surface area contributed by atoms with Gasteiger partial charge in [-0.05, 0) is 20.3 Å². The Kier molecular flexibility index (Phi) is 5.12. The number of aromatic nitrogens is 3. The molecule has 2 fully saturated rings. The van der Waals surface area contributed by atoms with Gasteiger partial charge in [0.05, 0.1) is 12.2 Å². The Bertz CT molecular complexity index is 856. The molecule has 4 rings (SSSR count). The summed E-state index contributed by atoms with van der Waals surface area (Å²) in [6.45, 7) is 6.93. The lowest BCUT2D eigenvalue weighted by molar-refractivity contribution is -0.152. The van der Waals surface area contributed by atoms with Gasteiger partial charge < -0.3 is 18.7 Å². The second kappa shape index (κ2) is 7.70. The molecule has 0 aliphatic carbocycles. The first kappa shape index (κ1) is 18.6. The van der Waals surface area contributed by atoms with Crippen LogP contribution in [-0.4, -0.2) is 69.3 Å². The standard InChI is InChI=1S/C18H23N5O5/c1-11-16(12(2)27-20-11)17-19-14(21-28-17)10-22-6-3-7-23(9-8-22)18(25)13-4-5-15(24)26-13/h13H,3-10H2,1-2H3. The highest BCUT2D eigenvalue weighted by Crippen LogP contribution is 2.25. The van der Waals surface area contributed by atoms with Crippen LogP contribution in [0.5, 0.6) is 0 Å². The summed E-state index contributed by atoms with van der Waals surface area (Å²) in [7, 11) is 0. The van der Waals surface area contributed by atoms with Crippen LogP contribution in [-0.2, 0) is 20.9 Å². The van der Waals surface area contributed by atoms with E-state index < -0.39 is 6.10 Å². The van der Waals surface area contributed by atoms with Crippen LogP contribution in [0.25, 0.3) is 11.5 Å². The van der Waals surface area contributed by atoms with Crippen LogP contribution in [0.3, 0.4) is 0 Å². The predicted molar refractivity (Wildman–Crippen MR) is 94.9 cm³/mol. The predicted octanol–water partition coefficient (Wildman–Crippen LogP) is 1.08. The molecule has 10 nitrogen and oxygen atoms in total. The fraction of sp³-hybridized carbons (Fsp3) is 0.611. The monoisotopic (exact) mass is 389 g/mol. The maximum absolute atomic E-state index is 12.5. The molecule has 2 aromatic heterocycles. The number of aryl methyl sites for hydroxylation is 2. The fourth-order valence-corrected chi connectivity index (χ4v) is 3.66. The highest BCUT2D eigenvalue weighted by molar-refractivity contribution is 5.86. The SMILES string of the molecule is Cc1noc(C)c1-c1nc(CN2CCCN(C(=O)C3CCC(=O)O3)CC2)no1. The number of nitrogens with zero attached hydrogens (tertiary/aromatic N) is 5. The third-order valence-corrected chi connectivity index (χ3v) is 5.14. The van der Waals surface area contributed by atoms with Crippen molar-refractivity contribution in [2.45, 2.75) is 45.8 Å². The molecule has 150 valence electrons. The van der Waals surface area contributed by atoms with Crippen LogP contribution >= 0.6 is 0 Å². The third kappa shape index (κ3) is 3.77. The molecule has 2 aliphatic heterocycles. The lowest BCUT2D eigenvalue weighted by Crippen LogP contribution is -2.41. The Hall–Kier alpha value is -2.75. The maximum atomic E-state index is 12.5. The van der Waals surface area contributed by atoms with E-state index in [2.05, 4.69) is 20.2 Å². The van der Waals surface area contributed by atoms with Gasteiger partial charge in [0.1, 0.15) is 11.3 Å². The first-order valence-electron chi connectivity index (χ1n) is 9.47. The molecule has 0 N–H and O–H groups in total. The average Bonchev–Trinajstić information content (AvgIpc) is 3.33. The average molecular weight is 389 g/mol. The number of esters is 1. The van der Waals surface area contributed by atoms with E-state index in [1.165, 1.54) is 0 Å². The largest absolute Gasteiger partial charge is 0.452 e. The first-order valence-corrected chi connectivity index (χ1v) is 9.47. The summed E-state index contributed by atoms with van der Waals surface area (Å²) in [5.74, 6) is 1.25. The highest BCUT2D eigenvalue weighted by atomic mass is 16.6. The molecule has 1 unspecified atom stereocenters. The molecule has 2 saturated heterocycles. The van der Waals surface area contributed by atoms with E-state index in [1.54, 1.807) is 11.8 Å². The smallest absolute Gasteiger partial charge is 0.306 e. The summed E-state index contributed by atoms with van der Waals surface area (Å²) in [4.78, 5) is 32.2. The molecule has 0 spiro atoms. The normalized spacial score (nSPS) is 21.0. The molecule has 0 saturated carbocycles. The van der Waals surface area contributed by atoms with Crippen molar-refractivity contribution >= 4 is 11.9 Å². The molecule has 10 heteroatoms. The lowest BCUT2D eigenvalue weighted by atomic mass is 10.2. The molecule has 2 aliphatic rings. The minimum absolute atomic E-state index is 0.0899. The van der Waals surface area contributed by atoms with Gasteiger partial charge in [0.15, 0.2) is 11.9 Å². The van der Waals surface area contributed by atoms with E-state index in [-0.39, 0.29) is 11.9 Å². The zero-order chi connectivity index (χ0) is 19.7. The van der Waals surface area contributed by atoms with Gasteiger partial charge in [-0.3, -0.25) is 14.5 Å². The second-order valence-corrected chi connectivity index (χ2v) is 7.19. The summed E-state index contributed by atoms with van der Waals surface area (Å²) in [5.41, 5.74) is 1.45. The molecule has 2 aromatic rings. The molecular weight excluding hydrogens is 366 g/mol. The molecule has 0 radical (unpaired) electrons. The van der Waals surface area contributed by atoms with Crippen LogP contribution in [0.15, 0.2) is 9.05 Å². The number of amides is 1. The van der Waals surface area contributed by atoms with Gasteiger partial charge in [-0.25, -0.2) is 0 Å².